The van der Waals surface area contributed by atoms with E-state index in [-0.39, 0.29) is 12.4 Å². The lowest BCUT2D eigenvalue weighted by Crippen LogP contribution is -2.32. The van der Waals surface area contributed by atoms with E-state index in [1.807, 2.05) is 0 Å². The van der Waals surface area contributed by atoms with Crippen molar-refractivity contribution in [3.63, 3.8) is 0 Å². The molecule has 1 N–H and O–H groups in total. The Kier molecular flexibility index (Phi) is 5.61. The van der Waals surface area contributed by atoms with Crippen molar-refractivity contribution in [1.29, 1.82) is 0 Å². The summed E-state index contributed by atoms with van der Waals surface area (Å²) in [7, 11) is -0.00257. The van der Waals surface area contributed by atoms with E-state index in [2.05, 4.69) is 5.32 Å². The molecule has 5 nitrogen and oxygen atoms in total. The van der Waals surface area contributed by atoms with E-state index >= 15 is 0 Å². The Balaban J connectivity index is 0.00000180. The zero-order valence-corrected chi connectivity index (χ0v) is 12.7. The Morgan fingerprint density at radius 1 is 1.42 bits per heavy atom. The second-order valence-electron chi connectivity index (χ2n) is 4.30. The SMILES string of the molecule is CNCCN(C)S(=O)(=O)c1ccc2c(c1)CCO2.Cl. The highest BCUT2D eigenvalue weighted by Gasteiger charge is 2.22. The minimum Gasteiger partial charge on any atom is -0.493 e. The highest BCUT2D eigenvalue weighted by atomic mass is 35.5. The molecule has 0 fully saturated rings. The number of benzene rings is 1. The number of hydrogen-bond donors (Lipinski definition) is 1. The normalized spacial score (nSPS) is 13.8. The third-order valence-corrected chi connectivity index (χ3v) is 4.90. The molecule has 1 aliphatic heterocycles. The summed E-state index contributed by atoms with van der Waals surface area (Å²) in [5.74, 6) is 0.798. The summed E-state index contributed by atoms with van der Waals surface area (Å²) >= 11 is 0. The topological polar surface area (TPSA) is 58.6 Å². The molecule has 0 bridgehead atoms. The zero-order valence-electron chi connectivity index (χ0n) is 11.0. The third kappa shape index (κ3) is 3.39. The van der Waals surface area contributed by atoms with E-state index < -0.39 is 10.0 Å². The summed E-state index contributed by atoms with van der Waals surface area (Å²) in [5, 5.41) is 2.94. The first kappa shape index (κ1) is 16.2. The van der Waals surface area contributed by atoms with Crippen molar-refractivity contribution in [3.8, 4) is 5.75 Å². The number of likely N-dealkylation sites (N-methyl/N-ethyl adjacent to an activating group) is 2. The first-order chi connectivity index (χ1) is 8.55. The number of sulfonamides is 1. The Labute approximate surface area is 120 Å². The van der Waals surface area contributed by atoms with Gasteiger partial charge in [0.2, 0.25) is 10.0 Å². The van der Waals surface area contributed by atoms with E-state index in [1.165, 1.54) is 4.31 Å². The van der Waals surface area contributed by atoms with Crippen molar-refractivity contribution in [3.05, 3.63) is 23.8 Å². The molecule has 7 heteroatoms. The van der Waals surface area contributed by atoms with E-state index in [1.54, 1.807) is 32.3 Å². The van der Waals surface area contributed by atoms with Crippen LogP contribution in [0.25, 0.3) is 0 Å². The van der Waals surface area contributed by atoms with Gasteiger partial charge in [0.05, 0.1) is 11.5 Å². The molecule has 0 atom stereocenters. The lowest BCUT2D eigenvalue weighted by Gasteiger charge is -2.17. The van der Waals surface area contributed by atoms with Gasteiger partial charge in [0.25, 0.3) is 0 Å². The van der Waals surface area contributed by atoms with Crippen LogP contribution in [0.2, 0.25) is 0 Å². The fourth-order valence-corrected chi connectivity index (χ4v) is 3.12. The summed E-state index contributed by atoms with van der Waals surface area (Å²) in [6, 6.07) is 5.06. The highest BCUT2D eigenvalue weighted by Crippen LogP contribution is 2.28. The fourth-order valence-electron chi connectivity index (χ4n) is 1.89. The van der Waals surface area contributed by atoms with Crippen LogP contribution in [0.15, 0.2) is 23.1 Å². The number of fused-ring (bicyclic) bond motifs is 1. The summed E-state index contributed by atoms with van der Waals surface area (Å²) in [4.78, 5) is 0.338. The van der Waals surface area contributed by atoms with Gasteiger partial charge in [0.1, 0.15) is 5.75 Å². The third-order valence-electron chi connectivity index (χ3n) is 3.05. The van der Waals surface area contributed by atoms with E-state index in [0.717, 1.165) is 17.7 Å². The Bertz CT molecular complexity index is 534. The predicted octanol–water partition coefficient (Wildman–Crippen LogP) is 0.883. The minimum absolute atomic E-state index is 0. The van der Waals surface area contributed by atoms with Gasteiger partial charge in [-0.2, -0.15) is 4.31 Å². The van der Waals surface area contributed by atoms with Gasteiger partial charge in [-0.25, -0.2) is 8.42 Å². The monoisotopic (exact) mass is 306 g/mol. The average Bonchev–Trinajstić information content (AvgIpc) is 2.82. The van der Waals surface area contributed by atoms with Gasteiger partial charge in [-0.3, -0.25) is 0 Å². The molecule has 1 aromatic rings. The van der Waals surface area contributed by atoms with Crippen molar-refractivity contribution in [2.75, 3.05) is 33.8 Å². The van der Waals surface area contributed by atoms with Crippen molar-refractivity contribution in [2.24, 2.45) is 0 Å². The molecule has 1 aliphatic rings. The molecule has 19 heavy (non-hydrogen) atoms. The summed E-state index contributed by atoms with van der Waals surface area (Å²) < 4.78 is 31.3. The van der Waals surface area contributed by atoms with Crippen molar-refractivity contribution < 1.29 is 13.2 Å². The van der Waals surface area contributed by atoms with E-state index in [0.29, 0.717) is 24.6 Å². The quantitative estimate of drug-likeness (QED) is 0.877. The summed E-state index contributed by atoms with van der Waals surface area (Å²) in [6.45, 7) is 1.71. The van der Waals surface area contributed by atoms with E-state index in [4.69, 9.17) is 4.74 Å². The van der Waals surface area contributed by atoms with Gasteiger partial charge < -0.3 is 10.1 Å². The Morgan fingerprint density at radius 2 is 2.16 bits per heavy atom. The number of ether oxygens (including phenoxy) is 1. The molecular weight excluding hydrogens is 288 g/mol. The van der Waals surface area contributed by atoms with Crippen LogP contribution in [-0.2, 0) is 16.4 Å². The van der Waals surface area contributed by atoms with Crippen LogP contribution in [0.1, 0.15) is 5.56 Å². The molecule has 0 saturated heterocycles. The summed E-state index contributed by atoms with van der Waals surface area (Å²) in [6.07, 6.45) is 0.777. The van der Waals surface area contributed by atoms with Gasteiger partial charge in [-0.1, -0.05) is 0 Å². The van der Waals surface area contributed by atoms with Crippen LogP contribution < -0.4 is 10.1 Å². The largest absolute Gasteiger partial charge is 0.493 e. The van der Waals surface area contributed by atoms with Gasteiger partial charge in [0, 0.05) is 26.6 Å². The molecule has 1 aromatic carbocycles. The molecule has 0 aromatic heterocycles. The number of rotatable bonds is 5. The Hall–Kier alpha value is -0.820. The Morgan fingerprint density at radius 3 is 2.84 bits per heavy atom. The standard InChI is InChI=1S/C12H18N2O3S.ClH/c1-13-6-7-14(2)18(15,16)11-3-4-12-10(9-11)5-8-17-12;/h3-4,9,13H,5-8H2,1-2H3;1H. The predicted molar refractivity (Wildman–Crippen MR) is 76.6 cm³/mol. The van der Waals surface area contributed by atoms with E-state index in [9.17, 15) is 8.42 Å². The number of nitrogens with zero attached hydrogens (tertiary/aromatic N) is 1. The lowest BCUT2D eigenvalue weighted by molar-refractivity contribution is 0.356. The molecule has 108 valence electrons. The van der Waals surface area contributed by atoms with Crippen LogP contribution in [0.3, 0.4) is 0 Å². The first-order valence-corrected chi connectivity index (χ1v) is 7.36. The molecular formula is C12H19ClN2O3S. The maximum atomic E-state index is 12.3. The molecule has 0 radical (unpaired) electrons. The molecule has 0 aliphatic carbocycles. The van der Waals surface area contributed by atoms with Gasteiger partial charge in [-0.05, 0) is 30.8 Å². The molecule has 0 saturated carbocycles. The van der Waals surface area contributed by atoms with Crippen molar-refractivity contribution >= 4 is 22.4 Å². The molecule has 0 unspecified atom stereocenters. The number of hydrogen-bond acceptors (Lipinski definition) is 4. The van der Waals surface area contributed by atoms with Gasteiger partial charge in [0.15, 0.2) is 0 Å². The first-order valence-electron chi connectivity index (χ1n) is 5.92. The van der Waals surface area contributed by atoms with Crippen LogP contribution in [0, 0.1) is 0 Å². The maximum Gasteiger partial charge on any atom is 0.242 e. The number of halogens is 1. The lowest BCUT2D eigenvalue weighted by atomic mass is 10.2. The van der Waals surface area contributed by atoms with Crippen molar-refractivity contribution in [1.82, 2.24) is 9.62 Å². The van der Waals surface area contributed by atoms with Crippen LogP contribution in [-0.4, -0.2) is 46.5 Å². The van der Waals surface area contributed by atoms with Gasteiger partial charge >= 0.3 is 0 Å². The van der Waals surface area contributed by atoms with Crippen LogP contribution in [0.5, 0.6) is 5.75 Å². The second kappa shape index (κ2) is 6.56. The average molecular weight is 307 g/mol. The maximum absolute atomic E-state index is 12.3. The highest BCUT2D eigenvalue weighted by molar-refractivity contribution is 7.89. The van der Waals surface area contributed by atoms with Crippen molar-refractivity contribution in [2.45, 2.75) is 11.3 Å². The molecule has 0 amide bonds. The minimum atomic E-state index is -3.40. The molecule has 2 rings (SSSR count). The van der Waals surface area contributed by atoms with Crippen LogP contribution >= 0.6 is 12.4 Å². The zero-order chi connectivity index (χ0) is 13.2. The second-order valence-corrected chi connectivity index (χ2v) is 6.34. The number of nitrogens with one attached hydrogen (secondary N) is 1. The molecule has 1 heterocycles. The summed E-state index contributed by atoms with van der Waals surface area (Å²) in [5.41, 5.74) is 0.970. The van der Waals surface area contributed by atoms with Gasteiger partial charge in [-0.15, -0.1) is 12.4 Å². The molecule has 0 spiro atoms. The smallest absolute Gasteiger partial charge is 0.242 e. The fraction of sp³-hybridized carbons (Fsp3) is 0.500. The van der Waals surface area contributed by atoms with Crippen LogP contribution in [0.4, 0.5) is 0 Å².